The van der Waals surface area contributed by atoms with Crippen LogP contribution < -0.4 is 0 Å². The minimum Gasteiger partial charge on any atom is -0.411 e. The minimum atomic E-state index is -0.714. The van der Waals surface area contributed by atoms with Crippen molar-refractivity contribution < 1.29 is 14.7 Å². The maximum Gasteiger partial charge on any atom is 0.171 e. The number of hydrogen-bond donors (Lipinski definition) is 1. The van der Waals surface area contributed by atoms with Gasteiger partial charge in [0.2, 0.25) is 0 Å². The van der Waals surface area contributed by atoms with Gasteiger partial charge < -0.3 is 14.7 Å². The number of nitrogens with zero attached hydrogens (tertiary/aromatic N) is 1. The summed E-state index contributed by atoms with van der Waals surface area (Å²) in [5.41, 5.74) is 0. The van der Waals surface area contributed by atoms with E-state index in [9.17, 15) is 0 Å². The van der Waals surface area contributed by atoms with Gasteiger partial charge in [0, 0.05) is 12.6 Å². The molecule has 0 saturated carbocycles. The van der Waals surface area contributed by atoms with Crippen LogP contribution >= 0.6 is 0 Å². The van der Waals surface area contributed by atoms with Crippen molar-refractivity contribution in [3.8, 4) is 0 Å². The fraction of sp³-hybridized carbons (Fsp3) is 0.909. The zero-order chi connectivity index (χ0) is 13.2. The first-order chi connectivity index (χ1) is 7.39. The molecule has 0 aromatic heterocycles. The Morgan fingerprint density at radius 2 is 1.56 bits per heavy atom. The standard InChI is InChI=1S/C10H21NO3.CH6Si/c1-8(2)13-10(5,6-7-11-12)14-9(3)4;1-2/h7-9,12H,6H2,1-5H3;1-2H3. The lowest BCUT2D eigenvalue weighted by Gasteiger charge is -2.32. The summed E-state index contributed by atoms with van der Waals surface area (Å²) in [6.07, 6.45) is 1.96. The van der Waals surface area contributed by atoms with E-state index in [-0.39, 0.29) is 12.2 Å². The number of oxime groups is 1. The zero-order valence-corrected chi connectivity index (χ0v) is 13.7. The Balaban J connectivity index is 0. The molecule has 1 N–H and O–H groups in total. The maximum absolute atomic E-state index is 8.36. The smallest absolute Gasteiger partial charge is 0.171 e. The van der Waals surface area contributed by atoms with Gasteiger partial charge >= 0.3 is 0 Å². The largest absolute Gasteiger partial charge is 0.411 e. The predicted molar refractivity (Wildman–Crippen MR) is 71.5 cm³/mol. The third-order valence-corrected chi connectivity index (χ3v) is 1.51. The maximum atomic E-state index is 8.36. The van der Waals surface area contributed by atoms with Crippen molar-refractivity contribution in [3.63, 3.8) is 0 Å². The second kappa shape index (κ2) is 9.81. The van der Waals surface area contributed by atoms with Gasteiger partial charge in [-0.15, -0.1) is 5.16 Å². The molecule has 0 fully saturated rings. The molecule has 0 rings (SSSR count). The average molecular weight is 249 g/mol. The summed E-state index contributed by atoms with van der Waals surface area (Å²) in [6, 6.07) is 0. The first-order valence-corrected chi connectivity index (χ1v) is 7.91. The fourth-order valence-electron chi connectivity index (χ4n) is 1.33. The molecule has 0 unspecified atom stereocenters. The van der Waals surface area contributed by atoms with Crippen LogP contribution in [-0.2, 0) is 9.47 Å². The Bertz CT molecular complexity index is 174. The van der Waals surface area contributed by atoms with Gasteiger partial charge in [0.25, 0.3) is 0 Å². The van der Waals surface area contributed by atoms with Crippen molar-refractivity contribution in [3.05, 3.63) is 0 Å². The molecule has 0 aromatic carbocycles. The lowest BCUT2D eigenvalue weighted by molar-refractivity contribution is -0.252. The average Bonchev–Trinajstić information content (AvgIpc) is 2.15. The van der Waals surface area contributed by atoms with Gasteiger partial charge in [0.15, 0.2) is 5.79 Å². The van der Waals surface area contributed by atoms with E-state index in [1.54, 1.807) is 0 Å². The van der Waals surface area contributed by atoms with Crippen LogP contribution in [0.1, 0.15) is 41.0 Å². The minimum absolute atomic E-state index is 0.0749. The summed E-state index contributed by atoms with van der Waals surface area (Å²) in [7, 11) is 1.31. The van der Waals surface area contributed by atoms with Gasteiger partial charge in [-0.3, -0.25) is 0 Å². The summed E-state index contributed by atoms with van der Waals surface area (Å²) in [4.78, 5) is 0. The lowest BCUT2D eigenvalue weighted by atomic mass is 10.2. The Hall–Kier alpha value is -0.393. The molecule has 0 aliphatic heterocycles. The van der Waals surface area contributed by atoms with Gasteiger partial charge in [0.05, 0.1) is 12.2 Å². The van der Waals surface area contributed by atoms with Crippen molar-refractivity contribution in [2.45, 2.75) is 65.6 Å². The quantitative estimate of drug-likeness (QED) is 0.257. The Morgan fingerprint density at radius 1 is 1.19 bits per heavy atom. The molecule has 0 radical (unpaired) electrons. The third kappa shape index (κ3) is 10.1. The highest BCUT2D eigenvalue weighted by Crippen LogP contribution is 2.20. The van der Waals surface area contributed by atoms with Crippen LogP contribution in [0.3, 0.4) is 0 Å². The Labute approximate surface area is 102 Å². The topological polar surface area (TPSA) is 51.0 Å². The second-order valence-corrected chi connectivity index (χ2v) is 3.97. The van der Waals surface area contributed by atoms with E-state index in [0.717, 1.165) is 0 Å². The molecule has 0 bridgehead atoms. The van der Waals surface area contributed by atoms with Crippen molar-refractivity contribution in [1.82, 2.24) is 0 Å². The molecule has 16 heavy (non-hydrogen) atoms. The van der Waals surface area contributed by atoms with Gasteiger partial charge in [-0.25, -0.2) is 0 Å². The van der Waals surface area contributed by atoms with Crippen molar-refractivity contribution in [2.75, 3.05) is 0 Å². The van der Waals surface area contributed by atoms with Crippen LogP contribution in [0, 0.1) is 0 Å². The van der Waals surface area contributed by atoms with E-state index in [4.69, 9.17) is 14.7 Å². The molecule has 0 heterocycles. The van der Waals surface area contributed by atoms with Crippen molar-refractivity contribution in [1.29, 1.82) is 0 Å². The highest BCUT2D eigenvalue weighted by molar-refractivity contribution is 6.05. The predicted octanol–water partition coefficient (Wildman–Crippen LogP) is 1.80. The summed E-state index contributed by atoms with van der Waals surface area (Å²) in [5.74, 6) is -0.714. The lowest BCUT2D eigenvalue weighted by Crippen LogP contribution is -2.37. The van der Waals surface area contributed by atoms with Crippen molar-refractivity contribution in [2.24, 2.45) is 5.16 Å². The monoisotopic (exact) mass is 249 g/mol. The number of ether oxygens (including phenoxy) is 2. The Morgan fingerprint density at radius 3 is 1.81 bits per heavy atom. The van der Waals surface area contributed by atoms with E-state index in [2.05, 4.69) is 11.7 Å². The molecule has 0 amide bonds. The highest BCUT2D eigenvalue weighted by atomic mass is 28.1. The van der Waals surface area contributed by atoms with E-state index in [1.165, 1.54) is 16.5 Å². The number of rotatable bonds is 6. The van der Waals surface area contributed by atoms with Gasteiger partial charge in [-0.1, -0.05) is 6.55 Å². The summed E-state index contributed by atoms with van der Waals surface area (Å²) >= 11 is 0. The van der Waals surface area contributed by atoms with Gasteiger partial charge in [-0.2, -0.15) is 0 Å². The molecule has 4 nitrogen and oxygen atoms in total. The van der Waals surface area contributed by atoms with Gasteiger partial charge in [-0.05, 0) is 44.9 Å². The van der Waals surface area contributed by atoms with E-state index >= 15 is 0 Å². The molecular formula is C11H27NO3Si. The second-order valence-electron chi connectivity index (χ2n) is 3.97. The summed E-state index contributed by atoms with van der Waals surface area (Å²) in [5, 5.41) is 11.3. The van der Waals surface area contributed by atoms with Crippen LogP contribution in [0.5, 0.6) is 0 Å². The number of hydrogen-bond acceptors (Lipinski definition) is 4. The molecule has 5 heteroatoms. The van der Waals surface area contributed by atoms with Crippen LogP contribution in [0.15, 0.2) is 5.16 Å². The van der Waals surface area contributed by atoms with Crippen LogP contribution in [0.2, 0.25) is 6.55 Å². The van der Waals surface area contributed by atoms with E-state index < -0.39 is 5.79 Å². The summed E-state index contributed by atoms with van der Waals surface area (Å²) in [6.45, 7) is 11.8. The van der Waals surface area contributed by atoms with Crippen LogP contribution in [0.25, 0.3) is 0 Å². The highest BCUT2D eigenvalue weighted by Gasteiger charge is 2.27. The molecule has 0 aliphatic carbocycles. The molecule has 0 aliphatic rings. The van der Waals surface area contributed by atoms with Crippen LogP contribution in [-0.4, -0.2) is 39.7 Å². The molecule has 0 saturated heterocycles. The molecule has 0 atom stereocenters. The van der Waals surface area contributed by atoms with Crippen LogP contribution in [0.4, 0.5) is 0 Å². The first-order valence-electron chi connectivity index (χ1n) is 5.91. The van der Waals surface area contributed by atoms with Crippen molar-refractivity contribution >= 4 is 16.5 Å². The molecular weight excluding hydrogens is 222 g/mol. The third-order valence-electron chi connectivity index (χ3n) is 1.51. The van der Waals surface area contributed by atoms with E-state index in [1.807, 2.05) is 34.6 Å². The first kappa shape index (κ1) is 18.0. The van der Waals surface area contributed by atoms with Gasteiger partial charge in [0.1, 0.15) is 0 Å². The molecule has 0 spiro atoms. The van der Waals surface area contributed by atoms with E-state index in [0.29, 0.717) is 6.42 Å². The molecule has 98 valence electrons. The fourth-order valence-corrected chi connectivity index (χ4v) is 1.33. The SMILES string of the molecule is CC(C)OC(C)(CC=NO)OC(C)C.C[SiH3]. The normalized spacial score (nSPS) is 12.2. The zero-order valence-electron chi connectivity index (χ0n) is 11.7. The summed E-state index contributed by atoms with van der Waals surface area (Å²) < 4.78 is 11.3. The molecule has 0 aromatic rings. The Kier molecular flexibility index (Phi) is 11.0.